The molecule has 4 aromatic rings. The Labute approximate surface area is 247 Å². The molecule has 0 unspecified atom stereocenters. The van der Waals surface area contributed by atoms with E-state index < -0.39 is 10.0 Å². The lowest BCUT2D eigenvalue weighted by molar-refractivity contribution is -0.132. The Morgan fingerprint density at radius 3 is 2.37 bits per heavy atom. The second kappa shape index (κ2) is 14.0. The number of thiophene rings is 1. The number of carbonyl (C=O) groups excluding carboxylic acids is 1. The molecule has 0 spiro atoms. The van der Waals surface area contributed by atoms with Crippen LogP contribution < -0.4 is 9.47 Å². The van der Waals surface area contributed by atoms with Gasteiger partial charge in [0.1, 0.15) is 0 Å². The molecule has 0 atom stereocenters. The number of fused-ring (bicyclic) bond motifs is 1. The average Bonchev–Trinajstić information content (AvgIpc) is 3.40. The van der Waals surface area contributed by atoms with E-state index in [1.807, 2.05) is 74.5 Å². The van der Waals surface area contributed by atoms with E-state index in [2.05, 4.69) is 0 Å². The smallest absolute Gasteiger partial charge is 0.244 e. The van der Waals surface area contributed by atoms with Crippen LogP contribution in [0.3, 0.4) is 0 Å². The molecule has 0 bridgehead atoms. The second-order valence-corrected chi connectivity index (χ2v) is 13.2. The maximum Gasteiger partial charge on any atom is 0.244 e. The van der Waals surface area contributed by atoms with E-state index in [0.717, 1.165) is 27.1 Å². The molecule has 0 aliphatic rings. The molecule has 7 nitrogen and oxygen atoms in total. The quantitative estimate of drug-likeness (QED) is 0.172. The first-order chi connectivity index (χ1) is 19.8. The first-order valence-electron chi connectivity index (χ1n) is 13.8. The third kappa shape index (κ3) is 7.47. The predicted molar refractivity (Wildman–Crippen MR) is 165 cm³/mol. The van der Waals surface area contributed by atoms with Gasteiger partial charge in [0.15, 0.2) is 11.5 Å². The van der Waals surface area contributed by atoms with Gasteiger partial charge < -0.3 is 14.4 Å². The summed E-state index contributed by atoms with van der Waals surface area (Å²) in [5.41, 5.74) is 0.994. The van der Waals surface area contributed by atoms with E-state index in [1.165, 1.54) is 4.31 Å². The minimum absolute atomic E-state index is 0.220. The summed E-state index contributed by atoms with van der Waals surface area (Å²) in [5.74, 6) is 1.04. The molecule has 1 heterocycles. The van der Waals surface area contributed by atoms with Gasteiger partial charge in [-0.1, -0.05) is 55.8 Å². The molecule has 41 heavy (non-hydrogen) atoms. The number of benzene rings is 3. The summed E-state index contributed by atoms with van der Waals surface area (Å²) in [6, 6.07) is 22.5. The maximum absolute atomic E-state index is 14.0. The highest BCUT2D eigenvalue weighted by atomic mass is 32.2. The van der Waals surface area contributed by atoms with Crippen molar-refractivity contribution in [1.29, 1.82) is 0 Å². The van der Waals surface area contributed by atoms with Crippen molar-refractivity contribution < 1.29 is 22.7 Å². The SMILES string of the molecule is CCCCN(CC(=O)N(CCc1ccc(OC)c(OC)c1)Cc1ccc(C)s1)S(=O)(=O)c1cccc2ccccc12. The van der Waals surface area contributed by atoms with Crippen LogP contribution in [0.25, 0.3) is 10.8 Å². The molecule has 0 N–H and O–H groups in total. The van der Waals surface area contributed by atoms with Gasteiger partial charge in [-0.3, -0.25) is 4.79 Å². The summed E-state index contributed by atoms with van der Waals surface area (Å²) in [6.07, 6.45) is 2.06. The van der Waals surface area contributed by atoms with Gasteiger partial charge in [0.25, 0.3) is 0 Å². The summed E-state index contributed by atoms with van der Waals surface area (Å²) in [4.78, 5) is 18.1. The van der Waals surface area contributed by atoms with Crippen molar-refractivity contribution in [3.05, 3.63) is 88.1 Å². The van der Waals surface area contributed by atoms with E-state index in [9.17, 15) is 13.2 Å². The molecule has 0 saturated carbocycles. The molecular weight excluding hydrogens is 556 g/mol. The molecule has 0 radical (unpaired) electrons. The van der Waals surface area contributed by atoms with Crippen LogP contribution in [0.4, 0.5) is 0 Å². The van der Waals surface area contributed by atoms with Crippen molar-refractivity contribution in [2.75, 3.05) is 33.9 Å². The topological polar surface area (TPSA) is 76.2 Å². The van der Waals surface area contributed by atoms with Gasteiger partial charge in [0.2, 0.25) is 15.9 Å². The third-order valence-corrected chi connectivity index (χ3v) is 9.94. The number of carbonyl (C=O) groups is 1. The van der Waals surface area contributed by atoms with Gasteiger partial charge in [-0.25, -0.2) is 8.42 Å². The first-order valence-corrected chi connectivity index (χ1v) is 16.0. The molecule has 218 valence electrons. The molecule has 1 aromatic heterocycles. The Kier molecular flexibility index (Phi) is 10.4. The second-order valence-electron chi connectivity index (χ2n) is 9.94. The average molecular weight is 595 g/mol. The fourth-order valence-corrected chi connectivity index (χ4v) is 7.33. The molecule has 9 heteroatoms. The lowest BCUT2D eigenvalue weighted by Crippen LogP contribution is -2.43. The zero-order valence-corrected chi connectivity index (χ0v) is 25.8. The summed E-state index contributed by atoms with van der Waals surface area (Å²) in [7, 11) is -0.733. The van der Waals surface area contributed by atoms with Crippen molar-refractivity contribution in [3.63, 3.8) is 0 Å². The number of amides is 1. The van der Waals surface area contributed by atoms with Crippen LogP contribution in [0.5, 0.6) is 11.5 Å². The lowest BCUT2D eigenvalue weighted by Gasteiger charge is -2.27. The van der Waals surface area contributed by atoms with Crippen molar-refractivity contribution in [2.24, 2.45) is 0 Å². The fourth-order valence-electron chi connectivity index (χ4n) is 4.78. The number of aryl methyl sites for hydroxylation is 1. The summed E-state index contributed by atoms with van der Waals surface area (Å²) in [6.45, 7) is 4.95. The van der Waals surface area contributed by atoms with Gasteiger partial charge in [0, 0.05) is 28.2 Å². The van der Waals surface area contributed by atoms with E-state index in [0.29, 0.717) is 42.8 Å². The fraction of sp³-hybridized carbons (Fsp3) is 0.344. The highest BCUT2D eigenvalue weighted by Gasteiger charge is 2.29. The lowest BCUT2D eigenvalue weighted by atomic mass is 10.1. The standard InChI is InChI=1S/C32H38N2O5S2/c1-5-6-19-34(41(36,37)31-13-9-11-26-10-7-8-12-28(26)31)23-32(35)33(22-27-16-14-24(2)40-27)20-18-25-15-17-29(38-3)30(21-25)39-4/h7-17,21H,5-6,18-20,22-23H2,1-4H3. The van der Waals surface area contributed by atoms with E-state index in [1.54, 1.807) is 42.6 Å². The number of nitrogens with zero attached hydrogens (tertiary/aromatic N) is 2. The summed E-state index contributed by atoms with van der Waals surface area (Å²) < 4.78 is 40.2. The number of sulfonamides is 1. The number of hydrogen-bond acceptors (Lipinski definition) is 6. The van der Waals surface area contributed by atoms with Crippen LogP contribution in [0, 0.1) is 6.92 Å². The van der Waals surface area contributed by atoms with Crippen molar-refractivity contribution in [3.8, 4) is 11.5 Å². The number of ether oxygens (including phenoxy) is 2. The maximum atomic E-state index is 14.0. The van der Waals surface area contributed by atoms with Crippen molar-refractivity contribution in [2.45, 2.75) is 44.6 Å². The number of methoxy groups -OCH3 is 2. The highest BCUT2D eigenvalue weighted by molar-refractivity contribution is 7.89. The minimum Gasteiger partial charge on any atom is -0.493 e. The van der Waals surface area contributed by atoms with Crippen LogP contribution in [0.2, 0.25) is 0 Å². The zero-order chi connectivity index (χ0) is 29.4. The van der Waals surface area contributed by atoms with E-state index >= 15 is 0 Å². The van der Waals surface area contributed by atoms with Crippen LogP contribution >= 0.6 is 11.3 Å². The van der Waals surface area contributed by atoms with Gasteiger partial charge in [-0.15, -0.1) is 11.3 Å². The molecule has 3 aromatic carbocycles. The Morgan fingerprint density at radius 2 is 1.66 bits per heavy atom. The van der Waals surface area contributed by atoms with E-state index in [-0.39, 0.29) is 23.9 Å². The molecule has 4 rings (SSSR count). The number of unbranched alkanes of at least 4 members (excludes halogenated alkanes) is 1. The molecular formula is C32H38N2O5S2. The Balaban J connectivity index is 1.61. The zero-order valence-electron chi connectivity index (χ0n) is 24.1. The summed E-state index contributed by atoms with van der Waals surface area (Å²) >= 11 is 1.64. The largest absolute Gasteiger partial charge is 0.493 e. The number of rotatable bonds is 14. The van der Waals surface area contributed by atoms with Gasteiger partial charge in [0.05, 0.1) is 32.2 Å². The van der Waals surface area contributed by atoms with Crippen LogP contribution in [-0.2, 0) is 27.8 Å². The monoisotopic (exact) mass is 594 g/mol. The minimum atomic E-state index is -3.92. The van der Waals surface area contributed by atoms with Gasteiger partial charge in [-0.2, -0.15) is 4.31 Å². The van der Waals surface area contributed by atoms with Gasteiger partial charge >= 0.3 is 0 Å². The molecule has 0 aliphatic heterocycles. The van der Waals surface area contributed by atoms with Gasteiger partial charge in [-0.05, 0) is 61.0 Å². The molecule has 0 saturated heterocycles. The third-order valence-electron chi connectivity index (χ3n) is 7.05. The van der Waals surface area contributed by atoms with Crippen LogP contribution in [-0.4, -0.2) is 57.4 Å². The Hall–Kier alpha value is -3.40. The molecule has 0 fully saturated rings. The molecule has 1 amide bonds. The Bertz CT molecular complexity index is 1580. The van der Waals surface area contributed by atoms with Crippen LogP contribution in [0.15, 0.2) is 77.7 Å². The summed E-state index contributed by atoms with van der Waals surface area (Å²) in [5, 5.41) is 1.50. The van der Waals surface area contributed by atoms with E-state index in [4.69, 9.17) is 9.47 Å². The molecule has 0 aliphatic carbocycles. The first kappa shape index (κ1) is 30.6. The Morgan fingerprint density at radius 1 is 0.902 bits per heavy atom. The predicted octanol–water partition coefficient (Wildman–Crippen LogP) is 6.29. The normalized spacial score (nSPS) is 11.6. The highest BCUT2D eigenvalue weighted by Crippen LogP contribution is 2.29. The number of hydrogen-bond donors (Lipinski definition) is 0. The van der Waals surface area contributed by atoms with Crippen molar-refractivity contribution >= 4 is 38.0 Å². The van der Waals surface area contributed by atoms with Crippen LogP contribution in [0.1, 0.15) is 35.1 Å². The van der Waals surface area contributed by atoms with Crippen molar-refractivity contribution in [1.82, 2.24) is 9.21 Å².